The van der Waals surface area contributed by atoms with Crippen molar-refractivity contribution in [2.75, 3.05) is 20.2 Å². The Bertz CT molecular complexity index is 3430. The highest BCUT2D eigenvalue weighted by Gasteiger charge is 2.40. The molecule has 3 atom stereocenters. The number of rotatable bonds is 16. The van der Waals surface area contributed by atoms with Crippen LogP contribution in [0.4, 0.5) is 4.79 Å². The van der Waals surface area contributed by atoms with Gasteiger partial charge in [-0.1, -0.05) is 179 Å². The van der Waals surface area contributed by atoms with E-state index in [1.54, 1.807) is 6.42 Å². The van der Waals surface area contributed by atoms with Gasteiger partial charge in [-0.3, -0.25) is 9.59 Å². The lowest BCUT2D eigenvalue weighted by molar-refractivity contribution is -0.135. The summed E-state index contributed by atoms with van der Waals surface area (Å²) in [5.41, 5.74) is 12.7. The average molecular weight is 1050 g/mol. The van der Waals surface area contributed by atoms with Gasteiger partial charge in [-0.15, -0.1) is 0 Å². The Morgan fingerprint density at radius 2 is 1.00 bits per heavy atom. The molecule has 0 spiro atoms. The van der Waals surface area contributed by atoms with Crippen molar-refractivity contribution in [1.29, 1.82) is 0 Å². The molecular formula is C67H67N8O4. The monoisotopic (exact) mass is 1050 g/mol. The van der Waals surface area contributed by atoms with E-state index in [2.05, 4.69) is 196 Å². The van der Waals surface area contributed by atoms with Crippen LogP contribution in [0.3, 0.4) is 0 Å². The number of amides is 3. The standard InChI is InChI=1S/C67H67N8O4/c1-44(2)41-61(76)73-39-15-23-59(73)63-68-42-55(70-63)46-25-29-48(30-26-46)57-37-38-58(49-31-27-47(28-32-49)56-43-69-64(71-56)60-24-16-40-74(60)65(77)62(45(3)4)72-66(78)79-5)75(57)54-35-33-53(34-36-54)67(50-17-9-6-10-18-50,51-19-11-7-12-20-51)52-21-13-8-14-22-52/h6-14,17-22,25-38,41-45,59-60,62H,15-16,23-24,39-40H2,1-5H3,(H,68,70)(H,69,71)(H,72,78)/t59-,60-,62-/m0/s1. The molecule has 399 valence electrons. The Morgan fingerprint density at radius 1 is 0.570 bits per heavy atom. The number of nitrogens with one attached hydrogen (secondary N) is 3. The highest BCUT2D eigenvalue weighted by molar-refractivity contribution is 5.87. The van der Waals surface area contributed by atoms with Crippen LogP contribution in [0.1, 0.15) is 99.4 Å². The van der Waals surface area contributed by atoms with Gasteiger partial charge in [-0.05, 0) is 95.2 Å². The van der Waals surface area contributed by atoms with Gasteiger partial charge in [-0.25, -0.2) is 14.8 Å². The Morgan fingerprint density at radius 3 is 1.44 bits per heavy atom. The predicted molar refractivity (Wildman–Crippen MR) is 311 cm³/mol. The summed E-state index contributed by atoms with van der Waals surface area (Å²) < 4.78 is 7.18. The van der Waals surface area contributed by atoms with Crippen LogP contribution in [0.25, 0.3) is 50.7 Å². The van der Waals surface area contributed by atoms with Gasteiger partial charge >= 0.3 is 6.09 Å². The minimum atomic E-state index is -0.713. The van der Waals surface area contributed by atoms with Crippen LogP contribution in [0.5, 0.6) is 0 Å². The van der Waals surface area contributed by atoms with Crippen molar-refractivity contribution in [3.63, 3.8) is 0 Å². The fourth-order valence-electron chi connectivity index (χ4n) is 11.9. The molecule has 12 nitrogen and oxygen atoms in total. The zero-order chi connectivity index (χ0) is 54.6. The summed E-state index contributed by atoms with van der Waals surface area (Å²) >= 11 is 0. The molecule has 79 heavy (non-hydrogen) atoms. The number of likely N-dealkylation sites (tertiary alicyclic amines) is 2. The maximum Gasteiger partial charge on any atom is 0.407 e. The summed E-state index contributed by atoms with van der Waals surface area (Å²) in [6.07, 6.45) is 8.45. The number of methoxy groups -OCH3 is 1. The van der Waals surface area contributed by atoms with E-state index >= 15 is 0 Å². The molecule has 2 aliphatic heterocycles. The minimum Gasteiger partial charge on any atom is -0.453 e. The van der Waals surface area contributed by atoms with Crippen molar-refractivity contribution < 1.29 is 19.1 Å². The summed E-state index contributed by atoms with van der Waals surface area (Å²) in [7, 11) is 1.30. The first-order chi connectivity index (χ1) is 38.5. The topological polar surface area (TPSA) is 141 Å². The molecule has 2 saturated heterocycles. The maximum atomic E-state index is 13.9. The molecule has 3 N–H and O–H groups in total. The summed E-state index contributed by atoms with van der Waals surface area (Å²) in [6, 6.07) is 61.8. The lowest BCUT2D eigenvalue weighted by atomic mass is 9.65. The molecule has 2 aliphatic rings. The predicted octanol–water partition coefficient (Wildman–Crippen LogP) is 13.5. The number of benzene rings is 6. The van der Waals surface area contributed by atoms with Crippen LogP contribution in [-0.4, -0.2) is 78.5 Å². The molecule has 2 fully saturated rings. The number of imidazole rings is 2. The molecule has 0 saturated carbocycles. The van der Waals surface area contributed by atoms with Gasteiger partial charge in [0.05, 0.1) is 53.8 Å². The second kappa shape index (κ2) is 22.7. The summed E-state index contributed by atoms with van der Waals surface area (Å²) in [4.78, 5) is 60.0. The number of carbonyl (C=O) groups excluding carboxylic acids is 3. The Balaban J connectivity index is 0.944. The molecule has 12 heteroatoms. The van der Waals surface area contributed by atoms with Crippen molar-refractivity contribution >= 4 is 17.9 Å². The molecule has 6 aromatic carbocycles. The molecule has 0 unspecified atom stereocenters. The van der Waals surface area contributed by atoms with E-state index in [0.717, 1.165) is 100 Å². The van der Waals surface area contributed by atoms with Crippen molar-refractivity contribution in [2.24, 2.45) is 11.8 Å². The zero-order valence-corrected chi connectivity index (χ0v) is 45.5. The lowest BCUT2D eigenvalue weighted by Gasteiger charge is -2.37. The Kier molecular flexibility index (Phi) is 15.0. The van der Waals surface area contributed by atoms with Crippen LogP contribution < -0.4 is 5.32 Å². The Hall–Kier alpha value is -8.77. The van der Waals surface area contributed by atoms with Crippen LogP contribution in [-0.2, 0) is 19.7 Å². The number of nitrogens with zero attached hydrogens (tertiary/aromatic N) is 5. The van der Waals surface area contributed by atoms with E-state index in [1.165, 1.54) is 23.8 Å². The van der Waals surface area contributed by atoms with Crippen LogP contribution in [0, 0.1) is 18.3 Å². The first-order valence-corrected chi connectivity index (χ1v) is 27.6. The molecule has 11 rings (SSSR count). The van der Waals surface area contributed by atoms with Gasteiger partial charge in [0.2, 0.25) is 11.8 Å². The maximum absolute atomic E-state index is 13.9. The van der Waals surface area contributed by atoms with Gasteiger partial charge in [0.1, 0.15) is 17.7 Å². The summed E-state index contributed by atoms with van der Waals surface area (Å²) in [5, 5.41) is 2.74. The first kappa shape index (κ1) is 52.3. The van der Waals surface area contributed by atoms with E-state index in [-0.39, 0.29) is 35.7 Å². The molecule has 0 bridgehead atoms. The van der Waals surface area contributed by atoms with Crippen molar-refractivity contribution in [1.82, 2.24) is 39.6 Å². The number of carbonyl (C=O) groups is 3. The smallest absolute Gasteiger partial charge is 0.407 e. The SMILES string of the molecule is COC(=O)N[C@H](C(=O)N1CCC[C@H]1c1nc(-c2ccc(-c3ccc(-c4ccc(-c5c[nH]c([C@@H]6CCCN6C(=O)[CH]C(C)C)n5)cc4)n3-c3ccc(C(c4ccccc4)(c4ccccc4)c4ccccc4)cc3)cc2)c[nH]1)C(C)C. The van der Waals surface area contributed by atoms with E-state index in [4.69, 9.17) is 14.7 Å². The number of alkyl carbamates (subject to hydrolysis) is 1. The number of hydrogen-bond acceptors (Lipinski definition) is 6. The highest BCUT2D eigenvalue weighted by atomic mass is 16.5. The van der Waals surface area contributed by atoms with E-state index in [9.17, 15) is 14.4 Å². The van der Waals surface area contributed by atoms with Gasteiger partial charge in [0.15, 0.2) is 0 Å². The van der Waals surface area contributed by atoms with Crippen molar-refractivity contribution in [3.8, 4) is 50.7 Å². The fraction of sp³-hybridized carbons (Fsp3) is 0.254. The third-order valence-electron chi connectivity index (χ3n) is 15.8. The molecule has 1 radical (unpaired) electrons. The molecule has 5 heterocycles. The second-order valence-electron chi connectivity index (χ2n) is 21.5. The van der Waals surface area contributed by atoms with Gasteiger partial charge in [0, 0.05) is 42.3 Å². The largest absolute Gasteiger partial charge is 0.453 e. The third kappa shape index (κ3) is 10.3. The number of aromatic amines is 2. The van der Waals surface area contributed by atoms with E-state index in [0.29, 0.717) is 6.54 Å². The number of ether oxygens (including phenoxy) is 1. The quantitative estimate of drug-likeness (QED) is 0.0823. The second-order valence-corrected chi connectivity index (χ2v) is 21.5. The van der Waals surface area contributed by atoms with E-state index < -0.39 is 17.6 Å². The number of aromatic nitrogens is 5. The van der Waals surface area contributed by atoms with E-state index in [1.807, 2.05) is 49.9 Å². The average Bonchev–Trinajstić information content (AvgIpc) is 4.41. The molecule has 3 amide bonds. The number of hydrogen-bond donors (Lipinski definition) is 3. The summed E-state index contributed by atoms with van der Waals surface area (Å²) in [5.74, 6) is 1.51. The van der Waals surface area contributed by atoms with Crippen LogP contribution >= 0.6 is 0 Å². The van der Waals surface area contributed by atoms with Gasteiger partial charge in [0.25, 0.3) is 0 Å². The van der Waals surface area contributed by atoms with Crippen LogP contribution in [0.15, 0.2) is 188 Å². The lowest BCUT2D eigenvalue weighted by Crippen LogP contribution is -2.51. The van der Waals surface area contributed by atoms with Gasteiger partial charge in [-0.2, -0.15) is 0 Å². The highest BCUT2D eigenvalue weighted by Crippen LogP contribution is 2.46. The minimum absolute atomic E-state index is 0.0676. The van der Waals surface area contributed by atoms with Crippen molar-refractivity contribution in [3.05, 3.63) is 229 Å². The fourth-order valence-corrected chi connectivity index (χ4v) is 11.9. The first-order valence-electron chi connectivity index (χ1n) is 27.6. The molecular weight excluding hydrogens is 981 g/mol. The Labute approximate surface area is 462 Å². The third-order valence-corrected chi connectivity index (χ3v) is 15.8. The zero-order valence-electron chi connectivity index (χ0n) is 45.5. The normalized spacial score (nSPS) is 15.9. The molecule has 3 aromatic heterocycles. The van der Waals surface area contributed by atoms with Gasteiger partial charge < -0.3 is 34.4 Å². The van der Waals surface area contributed by atoms with Crippen LogP contribution in [0.2, 0.25) is 0 Å². The summed E-state index contributed by atoms with van der Waals surface area (Å²) in [6.45, 7) is 9.21. The molecule has 9 aromatic rings. The van der Waals surface area contributed by atoms with Crippen molar-refractivity contribution in [2.45, 2.75) is 76.9 Å². The molecule has 0 aliphatic carbocycles. The number of H-pyrrole nitrogens is 2.